The van der Waals surface area contributed by atoms with Gasteiger partial charge in [0.2, 0.25) is 0 Å². The van der Waals surface area contributed by atoms with E-state index in [4.69, 9.17) is 9.90 Å². The van der Waals surface area contributed by atoms with E-state index in [1.165, 1.54) is 0 Å². The topological polar surface area (TPSA) is 226 Å². The Morgan fingerprint density at radius 3 is 0.800 bits per heavy atom. The summed E-state index contributed by atoms with van der Waals surface area (Å²) in [6.45, 7) is -0.250. The molecule has 0 aliphatic rings. The molecule has 0 heterocycles. The van der Waals surface area contributed by atoms with Crippen molar-refractivity contribution < 1.29 is 42.8 Å². The molecule has 8 nitrogen and oxygen atoms in total. The van der Waals surface area contributed by atoms with Crippen LogP contribution < -0.4 is 0 Å². The Labute approximate surface area is 79.0 Å². The summed E-state index contributed by atoms with van der Waals surface area (Å²) in [7, 11) is 0. The van der Waals surface area contributed by atoms with E-state index in [-0.39, 0.29) is 68.9 Å². The molecule has 0 aliphatic carbocycles. The molecule has 0 aromatic carbocycles. The second kappa shape index (κ2) is 413. The van der Waals surface area contributed by atoms with Crippen LogP contribution in [0.25, 0.3) is 0 Å². The molecule has 0 saturated heterocycles. The summed E-state index contributed by atoms with van der Waals surface area (Å²) < 4.78 is 0. The second-order valence-electron chi connectivity index (χ2n) is 0.105. The molecule has 68 valence electrons. The van der Waals surface area contributed by atoms with Crippen LogP contribution in [0.5, 0.6) is 0 Å². The summed E-state index contributed by atoms with van der Waals surface area (Å²) in [6.07, 6.45) is 0. The van der Waals surface area contributed by atoms with Crippen LogP contribution in [0.3, 0.4) is 0 Å². The molecule has 0 unspecified atom stereocenters. The molecular formula is CH15NaO8. The first-order chi connectivity index (χ1) is 1.41. The molecule has 13 N–H and O–H groups in total. The van der Waals surface area contributed by atoms with Gasteiger partial charge >= 0.3 is 29.6 Å². The van der Waals surface area contributed by atoms with Crippen LogP contribution in [-0.2, 0) is 4.79 Å². The van der Waals surface area contributed by atoms with E-state index in [2.05, 4.69) is 0 Å². The Balaban J connectivity index is -0.000000000952. The fourth-order valence-corrected chi connectivity index (χ4v) is 0. The van der Waals surface area contributed by atoms with Crippen molar-refractivity contribution in [2.75, 3.05) is 0 Å². The van der Waals surface area contributed by atoms with Crippen LogP contribution in [0.1, 0.15) is 0 Å². The summed E-state index contributed by atoms with van der Waals surface area (Å²) in [5.74, 6) is 0. The quantitative estimate of drug-likeness (QED) is 0.282. The predicted molar refractivity (Wildman–Crippen MR) is 37.5 cm³/mol. The van der Waals surface area contributed by atoms with Crippen molar-refractivity contribution in [3.05, 3.63) is 0 Å². The molecule has 9 heteroatoms. The molecule has 0 amide bonds. The molecule has 0 aromatic rings. The third-order valence-corrected chi connectivity index (χ3v) is 0. The molecule has 0 radical (unpaired) electrons. The zero-order valence-electron chi connectivity index (χ0n) is 4.43. The molecule has 0 atom stereocenters. The van der Waals surface area contributed by atoms with E-state index in [1.54, 1.807) is 0 Å². The summed E-state index contributed by atoms with van der Waals surface area (Å²) in [5.41, 5.74) is 0. The van der Waals surface area contributed by atoms with E-state index in [1.807, 2.05) is 0 Å². The van der Waals surface area contributed by atoms with Gasteiger partial charge in [0.1, 0.15) is 0 Å². The maximum atomic E-state index is 8.36. The van der Waals surface area contributed by atoms with Crippen LogP contribution in [0, 0.1) is 0 Å². The van der Waals surface area contributed by atoms with Crippen molar-refractivity contribution in [2.24, 2.45) is 0 Å². The third-order valence-electron chi connectivity index (χ3n) is 0. The zero-order chi connectivity index (χ0) is 2.71. The van der Waals surface area contributed by atoms with Gasteiger partial charge in [-0.05, 0) is 0 Å². The molecular weight excluding hydrogens is 163 g/mol. The molecule has 0 rings (SSSR count). The number of rotatable bonds is 0. The van der Waals surface area contributed by atoms with Gasteiger partial charge in [-0.25, -0.2) is 0 Å². The number of carboxylic acid groups (broad SMARTS) is 1. The van der Waals surface area contributed by atoms with Crippen molar-refractivity contribution in [3.8, 4) is 0 Å². The Morgan fingerprint density at radius 2 is 0.800 bits per heavy atom. The van der Waals surface area contributed by atoms with Gasteiger partial charge < -0.3 is 38.0 Å². The average Bonchev–Trinajstić information content (AvgIpc) is 0.918. The van der Waals surface area contributed by atoms with E-state index in [0.29, 0.717) is 0 Å². The van der Waals surface area contributed by atoms with Gasteiger partial charge in [0, 0.05) is 0 Å². The van der Waals surface area contributed by atoms with Crippen molar-refractivity contribution in [3.63, 3.8) is 0 Å². The zero-order valence-corrected chi connectivity index (χ0v) is 4.43. The van der Waals surface area contributed by atoms with E-state index in [9.17, 15) is 0 Å². The van der Waals surface area contributed by atoms with Crippen molar-refractivity contribution in [1.29, 1.82) is 0 Å². The van der Waals surface area contributed by atoms with Crippen LogP contribution >= 0.6 is 0 Å². The SMILES string of the molecule is O.O.O.O.O.O.O=CO.[NaH]. The van der Waals surface area contributed by atoms with Crippen LogP contribution in [0.2, 0.25) is 0 Å². The van der Waals surface area contributed by atoms with Crippen LogP contribution in [-0.4, -0.2) is 74.0 Å². The minimum atomic E-state index is -0.250. The first-order valence-corrected chi connectivity index (χ1v) is 0.494. The number of hydrogen-bond acceptors (Lipinski definition) is 1. The summed E-state index contributed by atoms with van der Waals surface area (Å²) in [6, 6.07) is 0. The van der Waals surface area contributed by atoms with Gasteiger partial charge in [-0.15, -0.1) is 0 Å². The van der Waals surface area contributed by atoms with Crippen molar-refractivity contribution in [2.45, 2.75) is 0 Å². The summed E-state index contributed by atoms with van der Waals surface area (Å²) in [4.78, 5) is 8.36. The fourth-order valence-electron chi connectivity index (χ4n) is 0. The first kappa shape index (κ1) is 175. The van der Waals surface area contributed by atoms with Gasteiger partial charge in [-0.1, -0.05) is 0 Å². The molecule has 0 fully saturated rings. The first-order valence-electron chi connectivity index (χ1n) is 0.494. The molecule has 0 bridgehead atoms. The molecule has 0 spiro atoms. The Bertz CT molecular complexity index is 16.7. The molecule has 0 saturated carbocycles. The number of hydrogen-bond donors (Lipinski definition) is 1. The number of carbonyl (C=O) groups is 1. The second-order valence-corrected chi connectivity index (χ2v) is 0.105. The van der Waals surface area contributed by atoms with Gasteiger partial charge in [-0.2, -0.15) is 0 Å². The third kappa shape index (κ3) is 8130. The molecule has 0 aromatic heterocycles. The van der Waals surface area contributed by atoms with Crippen LogP contribution in [0.4, 0.5) is 0 Å². The van der Waals surface area contributed by atoms with Gasteiger partial charge in [-0.3, -0.25) is 4.79 Å². The fraction of sp³-hybridized carbons (Fsp3) is 0. The molecule has 0 aliphatic heterocycles. The average molecular weight is 178 g/mol. The maximum absolute atomic E-state index is 8.36. The van der Waals surface area contributed by atoms with E-state index < -0.39 is 0 Å². The Morgan fingerprint density at radius 1 is 0.800 bits per heavy atom. The van der Waals surface area contributed by atoms with Gasteiger partial charge in [0.25, 0.3) is 6.47 Å². The normalized spacial score (nSPS) is 1.20. The van der Waals surface area contributed by atoms with Crippen molar-refractivity contribution in [1.82, 2.24) is 0 Å². The predicted octanol–water partition coefficient (Wildman–Crippen LogP) is -5.90. The Kier molecular flexibility index (Phi) is 7240. The minimum absolute atomic E-state index is 0. The van der Waals surface area contributed by atoms with E-state index in [0.717, 1.165) is 0 Å². The standard InChI is InChI=1S/CH2O2.Na.6H2O.H/c2-1-3;;;;;;;;/h1H,(H,2,3);;6*1H2;. The Hall–Kier alpha value is 0.230. The van der Waals surface area contributed by atoms with Gasteiger partial charge in [0.05, 0.1) is 0 Å². The van der Waals surface area contributed by atoms with Crippen LogP contribution in [0.15, 0.2) is 0 Å². The van der Waals surface area contributed by atoms with Crippen molar-refractivity contribution >= 4 is 36.0 Å². The summed E-state index contributed by atoms with van der Waals surface area (Å²) in [5, 5.41) is 6.89. The molecule has 10 heavy (non-hydrogen) atoms. The summed E-state index contributed by atoms with van der Waals surface area (Å²) >= 11 is 0. The monoisotopic (exact) mass is 178 g/mol. The van der Waals surface area contributed by atoms with E-state index >= 15 is 0 Å². The van der Waals surface area contributed by atoms with Gasteiger partial charge in [0.15, 0.2) is 0 Å².